The molecule has 3 heteroatoms. The lowest BCUT2D eigenvalue weighted by Crippen LogP contribution is -2.46. The van der Waals surface area contributed by atoms with Gasteiger partial charge in [-0.2, -0.15) is 0 Å². The first kappa shape index (κ1) is 11.4. The van der Waals surface area contributed by atoms with Crippen LogP contribution in [0.5, 0.6) is 0 Å². The highest BCUT2D eigenvalue weighted by atomic mass is 16.5. The van der Waals surface area contributed by atoms with Crippen molar-refractivity contribution in [2.75, 3.05) is 39.8 Å². The lowest BCUT2D eigenvalue weighted by molar-refractivity contribution is -0.0204. The summed E-state index contributed by atoms with van der Waals surface area (Å²) in [4.78, 5) is 2.60. The number of hydrogen-bond acceptors (Lipinski definition) is 3. The number of nitrogens with zero attached hydrogens (tertiary/aromatic N) is 1. The highest BCUT2D eigenvalue weighted by molar-refractivity contribution is 4.92. The first-order chi connectivity index (χ1) is 7.35. The molecule has 0 bridgehead atoms. The lowest BCUT2D eigenvalue weighted by atomic mass is 10.0. The van der Waals surface area contributed by atoms with Crippen LogP contribution in [-0.2, 0) is 4.74 Å². The molecule has 0 aromatic carbocycles. The normalized spacial score (nSPS) is 34.2. The Bertz CT molecular complexity index is 182. The van der Waals surface area contributed by atoms with Crippen LogP contribution >= 0.6 is 0 Å². The third kappa shape index (κ3) is 2.92. The van der Waals surface area contributed by atoms with Crippen LogP contribution in [-0.4, -0.2) is 50.3 Å². The van der Waals surface area contributed by atoms with Gasteiger partial charge < -0.3 is 15.0 Å². The van der Waals surface area contributed by atoms with Gasteiger partial charge in [-0.25, -0.2) is 0 Å². The van der Waals surface area contributed by atoms with E-state index in [1.165, 1.54) is 45.2 Å². The summed E-state index contributed by atoms with van der Waals surface area (Å²) < 4.78 is 5.74. The highest BCUT2D eigenvalue weighted by Crippen LogP contribution is 2.22. The predicted molar refractivity (Wildman–Crippen MR) is 62.1 cm³/mol. The maximum atomic E-state index is 5.74. The molecule has 2 saturated heterocycles. The lowest BCUT2D eigenvalue weighted by Gasteiger charge is -2.33. The molecule has 0 aromatic heterocycles. The summed E-state index contributed by atoms with van der Waals surface area (Å²) in [5, 5.41) is 3.42. The summed E-state index contributed by atoms with van der Waals surface area (Å²) in [6.07, 6.45) is 6.73. The summed E-state index contributed by atoms with van der Waals surface area (Å²) in [6.45, 7) is 5.80. The minimum Gasteiger partial charge on any atom is -0.376 e. The number of rotatable bonds is 3. The van der Waals surface area contributed by atoms with Crippen molar-refractivity contribution in [2.45, 2.75) is 37.7 Å². The molecule has 88 valence electrons. The standard InChI is InChI=1S/C12H24N2O/c1-15-12(6-7-13-10-12)11-14-8-4-2-3-5-9-14/h13H,2-11H2,1H3. The van der Waals surface area contributed by atoms with Crippen LogP contribution in [0.3, 0.4) is 0 Å². The van der Waals surface area contributed by atoms with Crippen molar-refractivity contribution >= 4 is 0 Å². The van der Waals surface area contributed by atoms with Gasteiger partial charge in [-0.15, -0.1) is 0 Å². The molecule has 2 aliphatic rings. The Morgan fingerprint density at radius 1 is 1.20 bits per heavy atom. The van der Waals surface area contributed by atoms with Crippen LogP contribution in [0, 0.1) is 0 Å². The number of nitrogens with one attached hydrogen (secondary N) is 1. The van der Waals surface area contributed by atoms with E-state index < -0.39 is 0 Å². The predicted octanol–water partition coefficient (Wildman–Crippen LogP) is 1.24. The smallest absolute Gasteiger partial charge is 0.0940 e. The van der Waals surface area contributed by atoms with Gasteiger partial charge in [0, 0.05) is 20.2 Å². The Labute approximate surface area is 93.2 Å². The zero-order valence-corrected chi connectivity index (χ0v) is 9.93. The van der Waals surface area contributed by atoms with Crippen molar-refractivity contribution < 1.29 is 4.74 Å². The van der Waals surface area contributed by atoms with E-state index in [9.17, 15) is 0 Å². The largest absolute Gasteiger partial charge is 0.376 e. The van der Waals surface area contributed by atoms with Gasteiger partial charge in [0.05, 0.1) is 5.60 Å². The molecule has 0 saturated carbocycles. The second kappa shape index (κ2) is 5.28. The van der Waals surface area contributed by atoms with Gasteiger partial charge in [0.15, 0.2) is 0 Å². The molecule has 0 spiro atoms. The van der Waals surface area contributed by atoms with E-state index in [1.807, 2.05) is 7.11 Å². The molecule has 3 nitrogen and oxygen atoms in total. The van der Waals surface area contributed by atoms with E-state index in [2.05, 4.69) is 10.2 Å². The second-order valence-electron chi connectivity index (χ2n) is 5.00. The topological polar surface area (TPSA) is 24.5 Å². The molecule has 2 fully saturated rings. The van der Waals surface area contributed by atoms with Crippen molar-refractivity contribution in [1.82, 2.24) is 10.2 Å². The van der Waals surface area contributed by atoms with Crippen molar-refractivity contribution in [3.05, 3.63) is 0 Å². The Morgan fingerprint density at radius 2 is 1.93 bits per heavy atom. The molecule has 0 amide bonds. The minimum absolute atomic E-state index is 0.102. The minimum atomic E-state index is 0.102. The van der Waals surface area contributed by atoms with Gasteiger partial charge in [-0.1, -0.05) is 12.8 Å². The molecule has 0 aromatic rings. The number of ether oxygens (including phenoxy) is 1. The first-order valence-corrected chi connectivity index (χ1v) is 6.33. The van der Waals surface area contributed by atoms with Crippen molar-refractivity contribution in [3.63, 3.8) is 0 Å². The first-order valence-electron chi connectivity index (χ1n) is 6.33. The fourth-order valence-corrected chi connectivity index (χ4v) is 2.80. The van der Waals surface area contributed by atoms with Crippen LogP contribution in [0.25, 0.3) is 0 Å². The van der Waals surface area contributed by atoms with Crippen molar-refractivity contribution in [1.29, 1.82) is 0 Å². The summed E-state index contributed by atoms with van der Waals surface area (Å²) in [7, 11) is 1.87. The monoisotopic (exact) mass is 212 g/mol. The van der Waals surface area contributed by atoms with Crippen LogP contribution in [0.1, 0.15) is 32.1 Å². The molecule has 0 aliphatic carbocycles. The van der Waals surface area contributed by atoms with Gasteiger partial charge in [0.25, 0.3) is 0 Å². The highest BCUT2D eigenvalue weighted by Gasteiger charge is 2.35. The SMILES string of the molecule is COC1(CN2CCCCCC2)CCNC1. The third-order valence-corrected chi connectivity index (χ3v) is 3.85. The molecular weight excluding hydrogens is 188 g/mol. The number of hydrogen-bond donors (Lipinski definition) is 1. The third-order valence-electron chi connectivity index (χ3n) is 3.85. The molecule has 0 radical (unpaired) electrons. The van der Waals surface area contributed by atoms with Crippen LogP contribution in [0.4, 0.5) is 0 Å². The van der Waals surface area contributed by atoms with E-state index in [0.29, 0.717) is 0 Å². The molecular formula is C12H24N2O. The van der Waals surface area contributed by atoms with E-state index in [-0.39, 0.29) is 5.60 Å². The van der Waals surface area contributed by atoms with Gasteiger partial charge in [-0.05, 0) is 38.9 Å². The van der Waals surface area contributed by atoms with E-state index >= 15 is 0 Å². The molecule has 15 heavy (non-hydrogen) atoms. The number of methoxy groups -OCH3 is 1. The van der Waals surface area contributed by atoms with Gasteiger partial charge in [0.2, 0.25) is 0 Å². The maximum absolute atomic E-state index is 5.74. The average Bonchev–Trinajstić information content (AvgIpc) is 2.57. The van der Waals surface area contributed by atoms with Crippen LogP contribution in [0.15, 0.2) is 0 Å². The van der Waals surface area contributed by atoms with Gasteiger partial charge in [-0.3, -0.25) is 0 Å². The average molecular weight is 212 g/mol. The molecule has 1 atom stereocenters. The van der Waals surface area contributed by atoms with Gasteiger partial charge >= 0.3 is 0 Å². The molecule has 1 unspecified atom stereocenters. The number of likely N-dealkylation sites (tertiary alicyclic amines) is 1. The van der Waals surface area contributed by atoms with Crippen LogP contribution in [0.2, 0.25) is 0 Å². The second-order valence-corrected chi connectivity index (χ2v) is 5.00. The van der Waals surface area contributed by atoms with E-state index in [0.717, 1.165) is 19.6 Å². The zero-order valence-electron chi connectivity index (χ0n) is 9.93. The van der Waals surface area contributed by atoms with Crippen LogP contribution < -0.4 is 5.32 Å². The van der Waals surface area contributed by atoms with E-state index in [1.54, 1.807) is 0 Å². The maximum Gasteiger partial charge on any atom is 0.0940 e. The Hall–Kier alpha value is -0.120. The zero-order chi connectivity index (χ0) is 10.6. The molecule has 2 heterocycles. The Balaban J connectivity index is 1.87. The summed E-state index contributed by atoms with van der Waals surface area (Å²) in [6, 6.07) is 0. The van der Waals surface area contributed by atoms with Gasteiger partial charge in [0.1, 0.15) is 0 Å². The quantitative estimate of drug-likeness (QED) is 0.762. The molecule has 2 aliphatic heterocycles. The summed E-state index contributed by atoms with van der Waals surface area (Å²) in [5.74, 6) is 0. The molecule has 1 N–H and O–H groups in total. The summed E-state index contributed by atoms with van der Waals surface area (Å²) >= 11 is 0. The Morgan fingerprint density at radius 3 is 2.47 bits per heavy atom. The fourth-order valence-electron chi connectivity index (χ4n) is 2.80. The van der Waals surface area contributed by atoms with E-state index in [4.69, 9.17) is 4.74 Å². The van der Waals surface area contributed by atoms with Crippen molar-refractivity contribution in [3.8, 4) is 0 Å². The van der Waals surface area contributed by atoms with Crippen molar-refractivity contribution in [2.24, 2.45) is 0 Å². The molecule has 2 rings (SSSR count). The fraction of sp³-hybridized carbons (Fsp3) is 1.00. The summed E-state index contributed by atoms with van der Waals surface area (Å²) in [5.41, 5.74) is 0.102. The Kier molecular flexibility index (Phi) is 4.00.